The number of fused-ring (bicyclic) bond motifs is 1. The first-order valence-electron chi connectivity index (χ1n) is 19.8. The molecule has 0 amide bonds. The maximum atomic E-state index is 12.1. The molecule has 0 spiro atoms. The number of para-hydroxylation sites is 2. The van der Waals surface area contributed by atoms with Crippen LogP contribution < -0.4 is 0 Å². The van der Waals surface area contributed by atoms with Crippen molar-refractivity contribution in [2.45, 2.75) is 105 Å². The van der Waals surface area contributed by atoms with Crippen molar-refractivity contribution < 1.29 is 5.11 Å². The van der Waals surface area contributed by atoms with E-state index >= 15 is 0 Å². The van der Waals surface area contributed by atoms with Gasteiger partial charge in [-0.05, 0) is 98.7 Å². The van der Waals surface area contributed by atoms with E-state index in [1.807, 2.05) is 36.5 Å². The Labute approximate surface area is 333 Å². The summed E-state index contributed by atoms with van der Waals surface area (Å²) in [5.74, 6) is 0.758. The van der Waals surface area contributed by atoms with E-state index in [1.54, 1.807) is 0 Å². The normalized spacial score (nSPS) is 12.7. The lowest BCUT2D eigenvalue weighted by atomic mass is 9.78. The summed E-state index contributed by atoms with van der Waals surface area (Å²) in [6, 6.07) is 38.6. The summed E-state index contributed by atoms with van der Waals surface area (Å²) in [4.78, 5) is 15.5. The third kappa shape index (κ3) is 7.52. The second-order valence-corrected chi connectivity index (χ2v) is 19.3. The van der Waals surface area contributed by atoms with Crippen molar-refractivity contribution in [1.82, 2.24) is 19.5 Å². The van der Waals surface area contributed by atoms with Crippen molar-refractivity contribution in [1.29, 1.82) is 0 Å². The lowest BCUT2D eigenvalue weighted by molar-refractivity contribution is 0.441. The van der Waals surface area contributed by atoms with Crippen LogP contribution in [0.25, 0.3) is 61.8 Å². The first-order chi connectivity index (χ1) is 26.2. The highest BCUT2D eigenvalue weighted by Crippen LogP contribution is 2.44. The van der Waals surface area contributed by atoms with Gasteiger partial charge in [0.1, 0.15) is 11.4 Å². The zero-order valence-electron chi connectivity index (χ0n) is 35.2. The molecule has 0 unspecified atom stereocenters. The topological polar surface area (TPSA) is 63.8 Å². The third-order valence-electron chi connectivity index (χ3n) is 10.7. The van der Waals surface area contributed by atoms with E-state index in [-0.39, 0.29) is 27.4 Å². The van der Waals surface area contributed by atoms with Crippen LogP contribution in [-0.4, -0.2) is 24.6 Å². The fourth-order valence-corrected chi connectivity index (χ4v) is 7.27. The smallest absolute Gasteiger partial charge is 0.168 e. The summed E-state index contributed by atoms with van der Waals surface area (Å²) in [7, 11) is 0. The summed E-state index contributed by atoms with van der Waals surface area (Å²) < 4.78 is 2.14. The molecule has 0 saturated carbocycles. The van der Waals surface area contributed by atoms with Crippen LogP contribution in [0, 0.1) is 0 Å². The lowest BCUT2D eigenvalue weighted by Crippen LogP contribution is -2.19. The number of aromatic hydroxyl groups is 1. The van der Waals surface area contributed by atoms with Crippen LogP contribution in [-0.2, 0) is 21.7 Å². The molecule has 0 atom stereocenters. The maximum Gasteiger partial charge on any atom is 0.168 e. The zero-order chi connectivity index (χ0) is 40.4. The molecule has 7 rings (SSSR count). The highest BCUT2D eigenvalue weighted by molar-refractivity contribution is 5.97. The van der Waals surface area contributed by atoms with Crippen LogP contribution in [0.5, 0.6) is 5.75 Å². The van der Waals surface area contributed by atoms with Crippen molar-refractivity contribution in [3.05, 3.63) is 138 Å². The Balaban J connectivity index is 1.56. The second kappa shape index (κ2) is 13.9. The second-order valence-electron chi connectivity index (χ2n) is 19.3. The molecular formula is C51H56N4O. The average Bonchev–Trinajstić information content (AvgIpc) is 3.53. The summed E-state index contributed by atoms with van der Waals surface area (Å²) in [6.45, 7) is 26.6. The van der Waals surface area contributed by atoms with Crippen LogP contribution in [0.4, 0.5) is 0 Å². The number of nitrogens with zero attached hydrogens (tertiary/aromatic N) is 4. The van der Waals surface area contributed by atoms with E-state index in [4.69, 9.17) is 15.0 Å². The number of imidazole rings is 1. The quantitative estimate of drug-likeness (QED) is 0.191. The molecule has 5 nitrogen and oxygen atoms in total. The number of benzene rings is 4. The van der Waals surface area contributed by atoms with Gasteiger partial charge in [0, 0.05) is 39.7 Å². The maximum absolute atomic E-state index is 12.1. The van der Waals surface area contributed by atoms with E-state index in [9.17, 15) is 5.11 Å². The monoisotopic (exact) mass is 740 g/mol. The molecule has 3 heterocycles. The molecular weight excluding hydrogens is 685 g/mol. The van der Waals surface area contributed by atoms with Crippen LogP contribution in [0.15, 0.2) is 115 Å². The predicted molar refractivity (Wildman–Crippen MR) is 235 cm³/mol. The number of pyridine rings is 2. The molecule has 56 heavy (non-hydrogen) atoms. The Morgan fingerprint density at radius 1 is 0.518 bits per heavy atom. The first kappa shape index (κ1) is 38.7. The van der Waals surface area contributed by atoms with Crippen LogP contribution in [0.3, 0.4) is 0 Å². The van der Waals surface area contributed by atoms with Gasteiger partial charge in [-0.3, -0.25) is 9.55 Å². The lowest BCUT2D eigenvalue weighted by Gasteiger charge is -2.26. The van der Waals surface area contributed by atoms with Crippen LogP contribution >= 0.6 is 0 Å². The molecule has 3 aromatic heterocycles. The molecule has 1 N–H and O–H groups in total. The van der Waals surface area contributed by atoms with Crippen molar-refractivity contribution in [2.75, 3.05) is 0 Å². The van der Waals surface area contributed by atoms with Gasteiger partial charge in [-0.15, -0.1) is 0 Å². The summed E-state index contributed by atoms with van der Waals surface area (Å²) in [5.41, 5.74) is 13.2. The van der Waals surface area contributed by atoms with Crippen molar-refractivity contribution >= 4 is 11.0 Å². The number of hydrogen-bond acceptors (Lipinski definition) is 4. The van der Waals surface area contributed by atoms with E-state index < -0.39 is 0 Å². The average molecular weight is 741 g/mol. The van der Waals surface area contributed by atoms with Gasteiger partial charge in [0.05, 0.1) is 16.7 Å². The minimum atomic E-state index is -0.323. The molecule has 5 heteroatoms. The number of rotatable bonds is 5. The Kier molecular flexibility index (Phi) is 9.60. The van der Waals surface area contributed by atoms with Gasteiger partial charge >= 0.3 is 0 Å². The van der Waals surface area contributed by atoms with E-state index in [0.29, 0.717) is 11.5 Å². The molecule has 0 bridgehead atoms. The highest BCUT2D eigenvalue weighted by atomic mass is 16.3. The van der Waals surface area contributed by atoms with Crippen molar-refractivity contribution in [2.24, 2.45) is 0 Å². The Hall–Kier alpha value is -5.55. The highest BCUT2D eigenvalue weighted by Gasteiger charge is 2.30. The van der Waals surface area contributed by atoms with E-state index in [1.165, 1.54) is 16.7 Å². The number of hydrogen-bond donors (Lipinski definition) is 1. The fourth-order valence-electron chi connectivity index (χ4n) is 7.27. The fraction of sp³-hybridized carbons (Fsp3) is 0.314. The molecule has 7 aromatic rings. The van der Waals surface area contributed by atoms with Gasteiger partial charge in [-0.1, -0.05) is 138 Å². The standard InChI is InChI=1S/C51H56N4O/c1-48(2,3)36-28-33(29-37(30-36)49(4,5)6)32-25-34(27-35(26-32)41-22-16-17-24-52-41)39-21-18-23-42-44(39)54-47(55(42)38-19-14-13-15-20-38)45-46(56)40(50(7,8)9)31-43(53-45)51(10,11)12/h13-31,56H,1-12H3. The van der Waals surface area contributed by atoms with Crippen molar-refractivity contribution in [3.63, 3.8) is 0 Å². The van der Waals surface area contributed by atoms with Crippen LogP contribution in [0.2, 0.25) is 0 Å². The van der Waals surface area contributed by atoms with Gasteiger partial charge in [0.15, 0.2) is 5.82 Å². The SMILES string of the molecule is CC(C)(C)c1cc(-c2cc(-c3ccccn3)cc(-c3cccc4c3nc(-c3nc(C(C)(C)C)cc(C(C)(C)C)c3O)n4-c3ccccc3)c2)cc(C(C)(C)C)c1. The van der Waals surface area contributed by atoms with Gasteiger partial charge in [0.2, 0.25) is 0 Å². The predicted octanol–water partition coefficient (Wildman–Crippen LogP) is 13.4. The summed E-state index contributed by atoms with van der Waals surface area (Å²) in [6.07, 6.45) is 1.85. The molecule has 0 radical (unpaired) electrons. The Morgan fingerprint density at radius 2 is 1.12 bits per heavy atom. The zero-order valence-corrected chi connectivity index (χ0v) is 35.2. The van der Waals surface area contributed by atoms with Crippen molar-refractivity contribution in [3.8, 4) is 56.5 Å². The minimum absolute atomic E-state index is 0.0273. The number of aromatic nitrogens is 4. The van der Waals surface area contributed by atoms with Gasteiger partial charge in [-0.2, -0.15) is 0 Å². The third-order valence-corrected chi connectivity index (χ3v) is 10.7. The molecule has 286 valence electrons. The van der Waals surface area contributed by atoms with E-state index in [0.717, 1.165) is 55.9 Å². The Bertz CT molecular complexity index is 2520. The largest absolute Gasteiger partial charge is 0.505 e. The van der Waals surface area contributed by atoms with Gasteiger partial charge in [-0.25, -0.2) is 9.97 Å². The van der Waals surface area contributed by atoms with Gasteiger partial charge in [0.25, 0.3) is 0 Å². The molecule has 4 aromatic carbocycles. The van der Waals surface area contributed by atoms with E-state index in [2.05, 4.69) is 167 Å². The Morgan fingerprint density at radius 3 is 1.71 bits per heavy atom. The van der Waals surface area contributed by atoms with Crippen LogP contribution in [0.1, 0.15) is 105 Å². The molecule has 0 saturated heterocycles. The van der Waals surface area contributed by atoms with Gasteiger partial charge < -0.3 is 5.11 Å². The summed E-state index contributed by atoms with van der Waals surface area (Å²) in [5, 5.41) is 12.1. The summed E-state index contributed by atoms with van der Waals surface area (Å²) >= 11 is 0. The molecule has 0 aliphatic rings. The molecule has 0 fully saturated rings. The first-order valence-corrected chi connectivity index (χ1v) is 19.8. The molecule has 0 aliphatic carbocycles. The molecule has 0 aliphatic heterocycles. The minimum Gasteiger partial charge on any atom is -0.505 e.